The zero-order valence-corrected chi connectivity index (χ0v) is 9.10. The quantitative estimate of drug-likeness (QED) is 0.594. The normalized spacial score (nSPS) is 26.7. The van der Waals surface area contributed by atoms with E-state index in [1.165, 1.54) is 4.90 Å². The van der Waals surface area contributed by atoms with E-state index in [-0.39, 0.29) is 18.4 Å². The van der Waals surface area contributed by atoms with Crippen LogP contribution in [0.3, 0.4) is 0 Å². The lowest BCUT2D eigenvalue weighted by atomic mass is 9.94. The molecule has 1 aliphatic rings. The Hall–Kier alpha value is -0.670. The van der Waals surface area contributed by atoms with Gasteiger partial charge >= 0.3 is 0 Å². The smallest absolute Gasteiger partial charge is 0.267 e. The number of rotatable bonds is 0. The summed E-state index contributed by atoms with van der Waals surface area (Å²) < 4.78 is 26.0. The van der Waals surface area contributed by atoms with E-state index in [1.807, 2.05) is 0 Å². The van der Waals surface area contributed by atoms with E-state index >= 15 is 0 Å². The predicted octanol–water partition coefficient (Wildman–Crippen LogP) is 2.29. The van der Waals surface area contributed by atoms with Crippen molar-refractivity contribution in [3.05, 3.63) is 0 Å². The van der Waals surface area contributed by atoms with Crippen LogP contribution >= 0.6 is 0 Å². The molecule has 1 amide bonds. The van der Waals surface area contributed by atoms with Gasteiger partial charge < -0.3 is 4.90 Å². The van der Waals surface area contributed by atoms with E-state index in [1.54, 1.807) is 27.7 Å². The summed E-state index contributed by atoms with van der Waals surface area (Å²) in [6.45, 7) is 6.49. The predicted molar refractivity (Wildman–Crippen MR) is 50.2 cm³/mol. The molecule has 0 aromatic heterocycles. The molecule has 1 aliphatic heterocycles. The second-order valence-corrected chi connectivity index (χ2v) is 5.09. The number of hydrogen-bond donors (Lipinski definition) is 0. The Morgan fingerprint density at radius 3 is 2.21 bits per heavy atom. The maximum atomic E-state index is 13.0. The van der Waals surface area contributed by atoms with Gasteiger partial charge in [-0.15, -0.1) is 0 Å². The fourth-order valence-electron chi connectivity index (χ4n) is 1.71. The Morgan fingerprint density at radius 1 is 1.43 bits per heavy atom. The first kappa shape index (κ1) is 11.4. The molecule has 1 saturated heterocycles. The summed E-state index contributed by atoms with van der Waals surface area (Å²) in [5, 5.41) is 0. The van der Waals surface area contributed by atoms with Gasteiger partial charge in [-0.05, 0) is 6.92 Å². The third kappa shape index (κ3) is 2.22. The fraction of sp³-hybridized carbons (Fsp3) is 0.900. The summed E-state index contributed by atoms with van der Waals surface area (Å²) in [5.41, 5.74) is -0.575. The topological polar surface area (TPSA) is 20.3 Å². The molecule has 14 heavy (non-hydrogen) atoms. The van der Waals surface area contributed by atoms with Crippen molar-refractivity contribution >= 4 is 5.91 Å². The van der Waals surface area contributed by atoms with Gasteiger partial charge in [0.2, 0.25) is 5.91 Å². The molecule has 0 bridgehead atoms. The van der Waals surface area contributed by atoms with Crippen molar-refractivity contribution in [2.24, 2.45) is 5.41 Å². The molecule has 0 saturated carbocycles. The average Bonchev–Trinajstić information content (AvgIpc) is 2.21. The maximum absolute atomic E-state index is 13.0. The van der Waals surface area contributed by atoms with E-state index < -0.39 is 17.9 Å². The second-order valence-electron chi connectivity index (χ2n) is 5.09. The van der Waals surface area contributed by atoms with Crippen molar-refractivity contribution in [1.29, 1.82) is 0 Å². The molecule has 0 radical (unpaired) electrons. The number of carbonyl (C=O) groups excluding carboxylic acids is 1. The maximum Gasteiger partial charge on any atom is 0.267 e. The van der Waals surface area contributed by atoms with E-state index in [0.717, 1.165) is 0 Å². The molecule has 4 heteroatoms. The molecular formula is C10H17F2NO. The summed E-state index contributed by atoms with van der Waals surface area (Å²) in [7, 11) is 0. The standard InChI is InChI=1S/C10H17F2NO/c1-7-5-10(11,12)6-13(7)8(14)9(2,3)4/h7H,5-6H2,1-4H3. The lowest BCUT2D eigenvalue weighted by Crippen LogP contribution is -2.42. The van der Waals surface area contributed by atoms with Crippen LogP contribution in [0.2, 0.25) is 0 Å². The summed E-state index contributed by atoms with van der Waals surface area (Å²) in [4.78, 5) is 13.0. The number of amides is 1. The zero-order valence-electron chi connectivity index (χ0n) is 9.10. The highest BCUT2D eigenvalue weighted by Crippen LogP contribution is 2.34. The van der Waals surface area contributed by atoms with Crippen LogP contribution in [0.1, 0.15) is 34.1 Å². The van der Waals surface area contributed by atoms with Gasteiger partial charge in [-0.3, -0.25) is 4.79 Å². The van der Waals surface area contributed by atoms with Crippen LogP contribution in [0.25, 0.3) is 0 Å². The van der Waals surface area contributed by atoms with Crippen molar-refractivity contribution in [1.82, 2.24) is 4.90 Å². The first-order valence-electron chi connectivity index (χ1n) is 4.82. The van der Waals surface area contributed by atoms with Gasteiger partial charge in [0.05, 0.1) is 6.54 Å². The van der Waals surface area contributed by atoms with Crippen LogP contribution in [-0.2, 0) is 4.79 Å². The molecular weight excluding hydrogens is 188 g/mol. The minimum absolute atomic E-state index is 0.192. The Kier molecular flexibility index (Phi) is 2.59. The average molecular weight is 205 g/mol. The Labute approximate surface area is 83.3 Å². The summed E-state index contributed by atoms with van der Waals surface area (Å²) in [6, 6.07) is -0.350. The fourth-order valence-corrected chi connectivity index (χ4v) is 1.71. The molecule has 0 aromatic rings. The van der Waals surface area contributed by atoms with Crippen molar-refractivity contribution < 1.29 is 13.6 Å². The van der Waals surface area contributed by atoms with E-state index in [2.05, 4.69) is 0 Å². The lowest BCUT2D eigenvalue weighted by molar-refractivity contribution is -0.141. The van der Waals surface area contributed by atoms with Gasteiger partial charge in [0.1, 0.15) is 0 Å². The molecule has 1 unspecified atom stereocenters. The van der Waals surface area contributed by atoms with Crippen molar-refractivity contribution in [2.75, 3.05) is 6.54 Å². The number of carbonyl (C=O) groups is 1. The highest BCUT2D eigenvalue weighted by Gasteiger charge is 2.46. The van der Waals surface area contributed by atoms with E-state index in [0.29, 0.717) is 0 Å². The third-order valence-corrected chi connectivity index (χ3v) is 2.43. The molecule has 0 spiro atoms. The lowest BCUT2D eigenvalue weighted by Gasteiger charge is -2.28. The summed E-state index contributed by atoms with van der Waals surface area (Å²) in [5.74, 6) is -2.90. The monoisotopic (exact) mass is 205 g/mol. The van der Waals surface area contributed by atoms with E-state index in [9.17, 15) is 13.6 Å². The van der Waals surface area contributed by atoms with Gasteiger partial charge in [0, 0.05) is 17.9 Å². The van der Waals surface area contributed by atoms with Crippen molar-refractivity contribution in [3.63, 3.8) is 0 Å². The van der Waals surface area contributed by atoms with Crippen LogP contribution in [0, 0.1) is 5.41 Å². The molecule has 0 aliphatic carbocycles. The molecule has 1 rings (SSSR count). The molecule has 1 atom stereocenters. The summed E-state index contributed by atoms with van der Waals surface area (Å²) >= 11 is 0. The van der Waals surface area contributed by atoms with Crippen LogP contribution < -0.4 is 0 Å². The molecule has 1 heterocycles. The first-order chi connectivity index (χ1) is 6.13. The molecule has 1 fully saturated rings. The molecule has 2 nitrogen and oxygen atoms in total. The highest BCUT2D eigenvalue weighted by atomic mass is 19.3. The second kappa shape index (κ2) is 3.17. The zero-order chi connectivity index (χ0) is 11.1. The van der Waals surface area contributed by atoms with Crippen LogP contribution in [0.15, 0.2) is 0 Å². The van der Waals surface area contributed by atoms with Gasteiger partial charge in [-0.25, -0.2) is 8.78 Å². The number of hydrogen-bond acceptors (Lipinski definition) is 1. The number of alkyl halides is 2. The minimum Gasteiger partial charge on any atom is -0.333 e. The van der Waals surface area contributed by atoms with Crippen LogP contribution in [-0.4, -0.2) is 29.3 Å². The number of likely N-dealkylation sites (tertiary alicyclic amines) is 1. The van der Waals surface area contributed by atoms with Crippen molar-refractivity contribution in [2.45, 2.75) is 46.1 Å². The Balaban J connectivity index is 2.77. The number of halogens is 2. The third-order valence-electron chi connectivity index (χ3n) is 2.43. The summed E-state index contributed by atoms with van der Waals surface area (Å²) in [6.07, 6.45) is -0.213. The van der Waals surface area contributed by atoms with Crippen LogP contribution in [0.4, 0.5) is 8.78 Å². The van der Waals surface area contributed by atoms with Crippen molar-refractivity contribution in [3.8, 4) is 0 Å². The van der Waals surface area contributed by atoms with E-state index in [4.69, 9.17) is 0 Å². The highest BCUT2D eigenvalue weighted by molar-refractivity contribution is 5.82. The Morgan fingerprint density at radius 2 is 1.93 bits per heavy atom. The van der Waals surface area contributed by atoms with Crippen LogP contribution in [0.5, 0.6) is 0 Å². The minimum atomic E-state index is -2.71. The molecule has 0 N–H and O–H groups in total. The van der Waals surface area contributed by atoms with Gasteiger partial charge in [0.15, 0.2) is 0 Å². The molecule has 0 aromatic carbocycles. The van der Waals surface area contributed by atoms with Gasteiger partial charge in [-0.1, -0.05) is 20.8 Å². The first-order valence-corrected chi connectivity index (χ1v) is 4.82. The largest absolute Gasteiger partial charge is 0.333 e. The van der Waals surface area contributed by atoms with Gasteiger partial charge in [0.25, 0.3) is 5.92 Å². The number of nitrogens with zero attached hydrogens (tertiary/aromatic N) is 1. The Bertz CT molecular complexity index is 245. The molecule has 82 valence electrons. The van der Waals surface area contributed by atoms with Gasteiger partial charge in [-0.2, -0.15) is 0 Å². The SMILES string of the molecule is CC1CC(F)(F)CN1C(=O)C(C)(C)C.